The number of hydrogen-bond acceptors (Lipinski definition) is 4. The zero-order valence-electron chi connectivity index (χ0n) is 11.8. The van der Waals surface area contributed by atoms with E-state index in [1.807, 2.05) is 6.07 Å². The molecule has 0 amide bonds. The third-order valence-corrected chi connectivity index (χ3v) is 3.62. The monoisotopic (exact) mass is 280 g/mol. The maximum Gasteiger partial charge on any atom is 0.306 e. The van der Waals surface area contributed by atoms with E-state index in [4.69, 9.17) is 0 Å². The van der Waals surface area contributed by atoms with Crippen molar-refractivity contribution in [1.82, 2.24) is 9.80 Å². The van der Waals surface area contributed by atoms with Crippen molar-refractivity contribution < 1.29 is 13.9 Å². The number of carbonyl (C=O) groups excluding carboxylic acids is 1. The molecule has 0 unspecified atom stereocenters. The van der Waals surface area contributed by atoms with E-state index in [-0.39, 0.29) is 11.8 Å². The molecule has 1 aliphatic rings. The lowest BCUT2D eigenvalue weighted by molar-refractivity contribution is -0.141. The summed E-state index contributed by atoms with van der Waals surface area (Å²) in [6.45, 7) is 5.29. The summed E-state index contributed by atoms with van der Waals surface area (Å²) in [5.74, 6) is -0.341. The topological polar surface area (TPSA) is 32.8 Å². The Balaban J connectivity index is 1.73. The third-order valence-electron chi connectivity index (χ3n) is 3.62. The summed E-state index contributed by atoms with van der Waals surface area (Å²) in [5.41, 5.74) is 1.01. The number of carbonyl (C=O) groups is 1. The van der Waals surface area contributed by atoms with Crippen molar-refractivity contribution in [3.8, 4) is 0 Å². The zero-order chi connectivity index (χ0) is 14.4. The summed E-state index contributed by atoms with van der Waals surface area (Å²) in [6, 6.07) is 6.75. The smallest absolute Gasteiger partial charge is 0.306 e. The molecule has 0 radical (unpaired) electrons. The fourth-order valence-corrected chi connectivity index (χ4v) is 2.42. The maximum absolute atomic E-state index is 13.1. The lowest BCUT2D eigenvalue weighted by atomic mass is 10.2. The number of piperazine rings is 1. The molecule has 1 fully saturated rings. The van der Waals surface area contributed by atoms with Gasteiger partial charge < -0.3 is 9.64 Å². The standard InChI is InChI=1S/C15H21FN2O2/c1-20-15(19)5-6-17-7-9-18(10-8-17)12-13-3-2-4-14(16)11-13/h2-4,11H,5-10,12H2,1H3. The van der Waals surface area contributed by atoms with Crippen LogP contribution in [0.5, 0.6) is 0 Å². The minimum absolute atomic E-state index is 0.160. The number of rotatable bonds is 5. The van der Waals surface area contributed by atoms with E-state index in [0.717, 1.165) is 44.8 Å². The third kappa shape index (κ3) is 4.58. The Bertz CT molecular complexity index is 445. The van der Waals surface area contributed by atoms with Gasteiger partial charge in [0.1, 0.15) is 5.82 Å². The van der Waals surface area contributed by atoms with E-state index in [0.29, 0.717) is 6.42 Å². The van der Waals surface area contributed by atoms with Crippen LogP contribution in [0.25, 0.3) is 0 Å². The van der Waals surface area contributed by atoms with Crippen LogP contribution in [0.15, 0.2) is 24.3 Å². The molecule has 1 aromatic carbocycles. The average molecular weight is 280 g/mol. The van der Waals surface area contributed by atoms with E-state index < -0.39 is 0 Å². The number of methoxy groups -OCH3 is 1. The highest BCUT2D eigenvalue weighted by molar-refractivity contribution is 5.69. The van der Waals surface area contributed by atoms with Gasteiger partial charge in [0.25, 0.3) is 0 Å². The highest BCUT2D eigenvalue weighted by Gasteiger charge is 2.17. The van der Waals surface area contributed by atoms with Crippen molar-refractivity contribution in [2.45, 2.75) is 13.0 Å². The minimum Gasteiger partial charge on any atom is -0.469 e. The van der Waals surface area contributed by atoms with E-state index in [9.17, 15) is 9.18 Å². The summed E-state index contributed by atoms with van der Waals surface area (Å²) >= 11 is 0. The lowest BCUT2D eigenvalue weighted by Gasteiger charge is -2.34. The SMILES string of the molecule is COC(=O)CCN1CCN(Cc2cccc(F)c2)CC1. The van der Waals surface area contributed by atoms with Gasteiger partial charge >= 0.3 is 5.97 Å². The van der Waals surface area contributed by atoms with Gasteiger partial charge in [-0.15, -0.1) is 0 Å². The molecule has 0 N–H and O–H groups in total. The van der Waals surface area contributed by atoms with Gasteiger partial charge in [-0.3, -0.25) is 9.69 Å². The van der Waals surface area contributed by atoms with Crippen molar-refractivity contribution in [2.24, 2.45) is 0 Å². The molecule has 20 heavy (non-hydrogen) atoms. The Hall–Kier alpha value is -1.46. The second-order valence-electron chi connectivity index (χ2n) is 5.07. The van der Waals surface area contributed by atoms with Crippen LogP contribution >= 0.6 is 0 Å². The highest BCUT2D eigenvalue weighted by atomic mass is 19.1. The molecule has 1 aliphatic heterocycles. The van der Waals surface area contributed by atoms with Crippen LogP contribution in [0.4, 0.5) is 4.39 Å². The van der Waals surface area contributed by atoms with Crippen LogP contribution in [-0.4, -0.2) is 55.6 Å². The van der Waals surface area contributed by atoms with Gasteiger partial charge in [-0.2, -0.15) is 0 Å². The van der Waals surface area contributed by atoms with Gasteiger partial charge in [-0.05, 0) is 17.7 Å². The molecule has 1 aromatic rings. The first-order valence-corrected chi connectivity index (χ1v) is 6.93. The first kappa shape index (κ1) is 14.9. The Kier molecular flexibility index (Phi) is 5.49. The predicted octanol–water partition coefficient (Wildman–Crippen LogP) is 1.51. The molecule has 0 bridgehead atoms. The molecule has 2 rings (SSSR count). The van der Waals surface area contributed by atoms with Crippen molar-refractivity contribution in [2.75, 3.05) is 39.8 Å². The van der Waals surface area contributed by atoms with E-state index >= 15 is 0 Å². The van der Waals surface area contributed by atoms with Crippen molar-refractivity contribution in [3.05, 3.63) is 35.6 Å². The first-order valence-electron chi connectivity index (χ1n) is 6.93. The quantitative estimate of drug-likeness (QED) is 0.765. The van der Waals surface area contributed by atoms with Gasteiger partial charge in [-0.25, -0.2) is 4.39 Å². The second kappa shape index (κ2) is 7.36. The fraction of sp³-hybridized carbons (Fsp3) is 0.533. The van der Waals surface area contributed by atoms with Crippen LogP contribution < -0.4 is 0 Å². The Morgan fingerprint density at radius 1 is 1.25 bits per heavy atom. The summed E-state index contributed by atoms with van der Waals surface area (Å²) in [4.78, 5) is 15.7. The summed E-state index contributed by atoms with van der Waals surface area (Å²) in [7, 11) is 1.42. The van der Waals surface area contributed by atoms with Gasteiger partial charge in [-0.1, -0.05) is 12.1 Å². The number of esters is 1. The van der Waals surface area contributed by atoms with Gasteiger partial charge in [0.2, 0.25) is 0 Å². The minimum atomic E-state index is -0.181. The summed E-state index contributed by atoms with van der Waals surface area (Å²) in [5, 5.41) is 0. The molecule has 0 atom stereocenters. The maximum atomic E-state index is 13.1. The Labute approximate surface area is 119 Å². The van der Waals surface area contributed by atoms with Crippen LogP contribution in [0, 0.1) is 5.82 Å². The van der Waals surface area contributed by atoms with Gasteiger partial charge in [0.05, 0.1) is 13.5 Å². The van der Waals surface area contributed by atoms with Crippen LogP contribution in [-0.2, 0) is 16.1 Å². The first-order chi connectivity index (χ1) is 9.67. The van der Waals surface area contributed by atoms with E-state index in [1.54, 1.807) is 12.1 Å². The number of benzene rings is 1. The van der Waals surface area contributed by atoms with E-state index in [1.165, 1.54) is 13.2 Å². The lowest BCUT2D eigenvalue weighted by Crippen LogP contribution is -2.46. The molecule has 0 spiro atoms. The predicted molar refractivity (Wildman–Crippen MR) is 74.8 cm³/mol. The molecular formula is C15H21FN2O2. The second-order valence-corrected chi connectivity index (χ2v) is 5.07. The van der Waals surface area contributed by atoms with Gasteiger partial charge in [0, 0.05) is 39.3 Å². The zero-order valence-corrected chi connectivity index (χ0v) is 11.8. The molecule has 1 saturated heterocycles. The fourth-order valence-electron chi connectivity index (χ4n) is 2.42. The molecule has 0 saturated carbocycles. The van der Waals surface area contributed by atoms with Crippen LogP contribution in [0.1, 0.15) is 12.0 Å². The molecule has 5 heteroatoms. The Morgan fingerprint density at radius 3 is 2.60 bits per heavy atom. The van der Waals surface area contributed by atoms with Crippen LogP contribution in [0.2, 0.25) is 0 Å². The molecule has 0 aromatic heterocycles. The Morgan fingerprint density at radius 2 is 1.95 bits per heavy atom. The normalized spacial score (nSPS) is 17.1. The van der Waals surface area contributed by atoms with E-state index in [2.05, 4.69) is 14.5 Å². The summed E-state index contributed by atoms with van der Waals surface area (Å²) in [6.07, 6.45) is 0.445. The number of ether oxygens (including phenoxy) is 1. The largest absolute Gasteiger partial charge is 0.469 e. The number of halogens is 1. The number of hydrogen-bond donors (Lipinski definition) is 0. The molecule has 4 nitrogen and oxygen atoms in total. The van der Waals surface area contributed by atoms with Crippen LogP contribution in [0.3, 0.4) is 0 Å². The van der Waals surface area contributed by atoms with Crippen molar-refractivity contribution in [3.63, 3.8) is 0 Å². The molecular weight excluding hydrogens is 259 g/mol. The van der Waals surface area contributed by atoms with Crippen molar-refractivity contribution in [1.29, 1.82) is 0 Å². The molecule has 110 valence electrons. The summed E-state index contributed by atoms with van der Waals surface area (Å²) < 4.78 is 17.8. The average Bonchev–Trinajstić information content (AvgIpc) is 2.46. The molecule has 0 aliphatic carbocycles. The highest BCUT2D eigenvalue weighted by Crippen LogP contribution is 2.10. The molecule has 1 heterocycles. The van der Waals surface area contributed by atoms with Gasteiger partial charge in [0.15, 0.2) is 0 Å². The van der Waals surface area contributed by atoms with Crippen molar-refractivity contribution >= 4 is 5.97 Å². The number of nitrogens with zero attached hydrogens (tertiary/aromatic N) is 2.